The Bertz CT molecular complexity index is 345. The highest BCUT2D eigenvalue weighted by Gasteiger charge is 2.18. The Balaban J connectivity index is 1.94. The van der Waals surface area contributed by atoms with Crippen molar-refractivity contribution >= 4 is 11.6 Å². The molecule has 4 nitrogen and oxygen atoms in total. The largest absolute Gasteiger partial charge is 0.316 e. The third kappa shape index (κ3) is 3.14. The van der Waals surface area contributed by atoms with E-state index in [9.17, 15) is 0 Å². The zero-order valence-corrected chi connectivity index (χ0v) is 10.2. The van der Waals surface area contributed by atoms with Crippen molar-refractivity contribution < 1.29 is 0 Å². The molecule has 1 N–H and O–H groups in total. The zero-order valence-electron chi connectivity index (χ0n) is 9.49. The lowest BCUT2D eigenvalue weighted by Gasteiger charge is -2.32. The van der Waals surface area contributed by atoms with Gasteiger partial charge in [0.05, 0.1) is 5.69 Å². The number of halogens is 1. The number of hydrogen-bond donors (Lipinski definition) is 1. The third-order valence-electron chi connectivity index (χ3n) is 2.98. The molecule has 1 saturated heterocycles. The second-order valence-corrected chi connectivity index (χ2v) is 4.52. The molecule has 88 valence electrons. The van der Waals surface area contributed by atoms with Crippen LogP contribution in [0.2, 0.25) is 5.28 Å². The summed E-state index contributed by atoms with van der Waals surface area (Å²) in [6.07, 6.45) is 4.21. The lowest BCUT2D eigenvalue weighted by molar-refractivity contribution is 0.186. The second-order valence-electron chi connectivity index (χ2n) is 4.18. The maximum atomic E-state index is 5.77. The van der Waals surface area contributed by atoms with E-state index in [0.29, 0.717) is 11.3 Å². The zero-order chi connectivity index (χ0) is 11.4. The van der Waals surface area contributed by atoms with Crippen LogP contribution in [-0.4, -0.2) is 41.0 Å². The van der Waals surface area contributed by atoms with Gasteiger partial charge in [0.2, 0.25) is 5.28 Å². The number of piperidine rings is 1. The summed E-state index contributed by atoms with van der Waals surface area (Å²) >= 11 is 5.77. The van der Waals surface area contributed by atoms with Crippen LogP contribution < -0.4 is 5.32 Å². The standard InChI is InChI=1S/C11H17ClN4/c1-13-9-3-2-6-16(7-9)8-10-4-5-14-11(12)15-10/h4-5,9,13H,2-3,6-8H2,1H3/t9-/m1/s1. The summed E-state index contributed by atoms with van der Waals surface area (Å²) < 4.78 is 0. The maximum Gasteiger partial charge on any atom is 0.222 e. The molecule has 0 spiro atoms. The van der Waals surface area contributed by atoms with Crippen molar-refractivity contribution in [3.63, 3.8) is 0 Å². The van der Waals surface area contributed by atoms with Gasteiger partial charge < -0.3 is 5.32 Å². The van der Waals surface area contributed by atoms with Gasteiger partial charge in [-0.25, -0.2) is 9.97 Å². The third-order valence-corrected chi connectivity index (χ3v) is 3.17. The number of nitrogens with one attached hydrogen (secondary N) is 1. The Kier molecular flexibility index (Phi) is 4.09. The Morgan fingerprint density at radius 2 is 2.50 bits per heavy atom. The van der Waals surface area contributed by atoms with Crippen molar-refractivity contribution in [2.75, 3.05) is 20.1 Å². The minimum Gasteiger partial charge on any atom is -0.316 e. The van der Waals surface area contributed by atoms with Gasteiger partial charge in [0.15, 0.2) is 0 Å². The van der Waals surface area contributed by atoms with Crippen molar-refractivity contribution in [3.05, 3.63) is 23.2 Å². The van der Waals surface area contributed by atoms with Crippen molar-refractivity contribution in [1.29, 1.82) is 0 Å². The molecule has 0 aromatic carbocycles. The average molecular weight is 241 g/mol. The molecule has 1 aliphatic heterocycles. The van der Waals surface area contributed by atoms with Crippen LogP contribution in [0.5, 0.6) is 0 Å². The van der Waals surface area contributed by atoms with Crippen LogP contribution in [-0.2, 0) is 6.54 Å². The summed E-state index contributed by atoms with van der Waals surface area (Å²) in [5.41, 5.74) is 0.997. The van der Waals surface area contributed by atoms with E-state index in [1.807, 2.05) is 13.1 Å². The smallest absolute Gasteiger partial charge is 0.222 e. The number of nitrogens with zero attached hydrogens (tertiary/aromatic N) is 3. The first-order chi connectivity index (χ1) is 7.78. The van der Waals surface area contributed by atoms with Crippen LogP contribution in [0, 0.1) is 0 Å². The Morgan fingerprint density at radius 3 is 3.25 bits per heavy atom. The summed E-state index contributed by atoms with van der Waals surface area (Å²) in [6.45, 7) is 3.08. The molecule has 1 aliphatic rings. The van der Waals surface area contributed by atoms with E-state index >= 15 is 0 Å². The topological polar surface area (TPSA) is 41.0 Å². The Labute approximate surface area is 101 Å². The normalized spacial score (nSPS) is 22.2. The molecule has 0 aliphatic carbocycles. The van der Waals surface area contributed by atoms with Crippen LogP contribution in [0.4, 0.5) is 0 Å². The molecule has 0 saturated carbocycles. The molecule has 1 atom stereocenters. The van der Waals surface area contributed by atoms with Gasteiger partial charge in [-0.1, -0.05) is 0 Å². The molecule has 5 heteroatoms. The minimum atomic E-state index is 0.333. The van der Waals surface area contributed by atoms with E-state index in [4.69, 9.17) is 11.6 Å². The predicted octanol–water partition coefficient (Wildman–Crippen LogP) is 1.31. The van der Waals surface area contributed by atoms with Gasteiger partial charge in [-0.2, -0.15) is 0 Å². The lowest BCUT2D eigenvalue weighted by Crippen LogP contribution is -2.43. The minimum absolute atomic E-state index is 0.333. The van der Waals surface area contributed by atoms with E-state index in [2.05, 4.69) is 20.2 Å². The second kappa shape index (κ2) is 5.57. The molecule has 0 unspecified atom stereocenters. The molecule has 0 bridgehead atoms. The van der Waals surface area contributed by atoms with Crippen molar-refractivity contribution in [2.45, 2.75) is 25.4 Å². The summed E-state index contributed by atoms with van der Waals surface area (Å²) in [7, 11) is 2.02. The molecule has 1 aromatic rings. The molecular formula is C11H17ClN4. The van der Waals surface area contributed by atoms with E-state index in [1.165, 1.54) is 12.8 Å². The molecule has 1 fully saturated rings. The fourth-order valence-electron chi connectivity index (χ4n) is 2.12. The van der Waals surface area contributed by atoms with Crippen molar-refractivity contribution in [2.24, 2.45) is 0 Å². The molecule has 2 heterocycles. The maximum absolute atomic E-state index is 5.77. The average Bonchev–Trinajstić information content (AvgIpc) is 2.29. The van der Waals surface area contributed by atoms with E-state index in [-0.39, 0.29) is 0 Å². The highest BCUT2D eigenvalue weighted by Crippen LogP contribution is 2.13. The first-order valence-electron chi connectivity index (χ1n) is 5.65. The van der Waals surface area contributed by atoms with Crippen LogP contribution in [0.1, 0.15) is 18.5 Å². The SMILES string of the molecule is CN[C@@H]1CCCN(Cc2ccnc(Cl)n2)C1. The quantitative estimate of drug-likeness (QED) is 0.809. The van der Waals surface area contributed by atoms with Crippen LogP contribution >= 0.6 is 11.6 Å². The van der Waals surface area contributed by atoms with Crippen molar-refractivity contribution in [1.82, 2.24) is 20.2 Å². The summed E-state index contributed by atoms with van der Waals surface area (Å²) in [4.78, 5) is 10.5. The fourth-order valence-corrected chi connectivity index (χ4v) is 2.29. The summed E-state index contributed by atoms with van der Waals surface area (Å²) in [5, 5.41) is 3.66. The molecule has 1 aromatic heterocycles. The number of aromatic nitrogens is 2. The monoisotopic (exact) mass is 240 g/mol. The number of rotatable bonds is 3. The molecule has 0 amide bonds. The van der Waals surface area contributed by atoms with E-state index in [1.54, 1.807) is 6.20 Å². The summed E-state index contributed by atoms with van der Waals surface area (Å²) in [5.74, 6) is 0. The van der Waals surface area contributed by atoms with Crippen LogP contribution in [0.25, 0.3) is 0 Å². The fraction of sp³-hybridized carbons (Fsp3) is 0.636. The lowest BCUT2D eigenvalue weighted by atomic mass is 10.1. The Hall–Kier alpha value is -0.710. The van der Waals surface area contributed by atoms with Crippen LogP contribution in [0.15, 0.2) is 12.3 Å². The number of hydrogen-bond acceptors (Lipinski definition) is 4. The molecular weight excluding hydrogens is 224 g/mol. The predicted molar refractivity (Wildman–Crippen MR) is 64.4 cm³/mol. The Morgan fingerprint density at radius 1 is 1.62 bits per heavy atom. The van der Waals surface area contributed by atoms with Crippen LogP contribution in [0.3, 0.4) is 0 Å². The van der Waals surface area contributed by atoms with Gasteiger partial charge in [-0.15, -0.1) is 0 Å². The van der Waals surface area contributed by atoms with E-state index in [0.717, 1.165) is 25.3 Å². The molecule has 16 heavy (non-hydrogen) atoms. The van der Waals surface area contributed by atoms with Crippen molar-refractivity contribution in [3.8, 4) is 0 Å². The van der Waals surface area contributed by atoms with Gasteiger partial charge >= 0.3 is 0 Å². The first-order valence-corrected chi connectivity index (χ1v) is 6.03. The summed E-state index contributed by atoms with van der Waals surface area (Å²) in [6, 6.07) is 2.53. The molecule has 0 radical (unpaired) electrons. The highest BCUT2D eigenvalue weighted by molar-refractivity contribution is 6.28. The van der Waals surface area contributed by atoms with Gasteiger partial charge in [0.1, 0.15) is 0 Å². The van der Waals surface area contributed by atoms with Gasteiger partial charge in [0.25, 0.3) is 0 Å². The van der Waals surface area contributed by atoms with E-state index < -0.39 is 0 Å². The number of likely N-dealkylation sites (tertiary alicyclic amines) is 1. The number of likely N-dealkylation sites (N-methyl/N-ethyl adjacent to an activating group) is 1. The van der Waals surface area contributed by atoms with Gasteiger partial charge in [0, 0.05) is 25.3 Å². The molecule has 2 rings (SSSR count). The van der Waals surface area contributed by atoms with Gasteiger partial charge in [-0.05, 0) is 44.1 Å². The van der Waals surface area contributed by atoms with Gasteiger partial charge in [-0.3, -0.25) is 4.90 Å². The first kappa shape index (κ1) is 11.8. The highest BCUT2D eigenvalue weighted by atomic mass is 35.5.